The van der Waals surface area contributed by atoms with Crippen LogP contribution >= 0.6 is 11.3 Å². The number of aryl methyl sites for hydroxylation is 1. The summed E-state index contributed by atoms with van der Waals surface area (Å²) in [6.07, 6.45) is 1.58. The van der Waals surface area contributed by atoms with Crippen LogP contribution in [0.3, 0.4) is 0 Å². The fourth-order valence-electron chi connectivity index (χ4n) is 2.98. The van der Waals surface area contributed by atoms with E-state index in [0.29, 0.717) is 36.7 Å². The van der Waals surface area contributed by atoms with Crippen molar-refractivity contribution in [3.05, 3.63) is 33.2 Å². The maximum Gasteiger partial charge on any atom is 0.258 e. The molecule has 2 aromatic heterocycles. The Balaban J connectivity index is 1.73. The minimum absolute atomic E-state index is 0.0669. The van der Waals surface area contributed by atoms with E-state index in [2.05, 4.69) is 10.3 Å². The Morgan fingerprint density at radius 2 is 2.30 bits per heavy atom. The van der Waals surface area contributed by atoms with Gasteiger partial charge in [-0.1, -0.05) is 0 Å². The lowest BCUT2D eigenvalue weighted by Crippen LogP contribution is -2.27. The number of nitrogens with one attached hydrogen (secondary N) is 1. The number of carbonyl (C=O) groups excluding carboxylic acids is 1. The Labute approximate surface area is 137 Å². The van der Waals surface area contributed by atoms with E-state index in [1.165, 1.54) is 17.4 Å². The summed E-state index contributed by atoms with van der Waals surface area (Å²) in [4.78, 5) is 31.9. The number of β-amino-alcohol motifs (C(OH)–C–C–N with tert-alkyl or cyclic N) is 1. The van der Waals surface area contributed by atoms with Crippen LogP contribution in [0.4, 0.5) is 0 Å². The fraction of sp³-hybridized carbons (Fsp3) is 0.533. The molecule has 0 spiro atoms. The number of rotatable bonds is 4. The molecule has 0 radical (unpaired) electrons. The van der Waals surface area contributed by atoms with Crippen molar-refractivity contribution in [2.24, 2.45) is 5.92 Å². The molecule has 1 aliphatic rings. The largest absolute Gasteiger partial charge is 0.391 e. The zero-order valence-corrected chi connectivity index (χ0v) is 14.0. The maximum absolute atomic E-state index is 12.1. The first-order chi connectivity index (χ1) is 11.0. The lowest BCUT2D eigenvalue weighted by atomic mass is 10.0. The lowest BCUT2D eigenvalue weighted by Gasteiger charge is -2.14. The van der Waals surface area contributed by atoms with Gasteiger partial charge in [-0.2, -0.15) is 0 Å². The summed E-state index contributed by atoms with van der Waals surface area (Å²) < 4.78 is 1.55. The van der Waals surface area contributed by atoms with Crippen molar-refractivity contribution in [2.45, 2.75) is 26.0 Å². The van der Waals surface area contributed by atoms with Crippen LogP contribution in [0.5, 0.6) is 0 Å². The molecule has 1 aliphatic heterocycles. The van der Waals surface area contributed by atoms with Gasteiger partial charge in [0.25, 0.3) is 5.56 Å². The van der Waals surface area contributed by atoms with Gasteiger partial charge in [0.05, 0.1) is 11.8 Å². The number of fused-ring (bicyclic) bond motifs is 1. The monoisotopic (exact) mass is 336 g/mol. The van der Waals surface area contributed by atoms with E-state index in [1.807, 2.05) is 11.8 Å². The van der Waals surface area contributed by atoms with Crippen molar-refractivity contribution in [3.63, 3.8) is 0 Å². The van der Waals surface area contributed by atoms with Crippen LogP contribution in [-0.2, 0) is 11.3 Å². The molecule has 2 atom stereocenters. The molecule has 1 fully saturated rings. The Kier molecular flexibility index (Phi) is 4.47. The minimum Gasteiger partial charge on any atom is -0.391 e. The number of thiazole rings is 1. The number of aromatic nitrogens is 2. The van der Waals surface area contributed by atoms with E-state index < -0.39 is 6.10 Å². The van der Waals surface area contributed by atoms with Crippen molar-refractivity contribution >= 4 is 22.2 Å². The van der Waals surface area contributed by atoms with Crippen LogP contribution < -0.4 is 10.9 Å². The molecule has 7 nitrogen and oxygen atoms in total. The molecule has 0 aliphatic carbocycles. The molecule has 2 aromatic rings. The molecule has 1 amide bonds. The maximum atomic E-state index is 12.1. The second-order valence-corrected chi connectivity index (χ2v) is 7.19. The van der Waals surface area contributed by atoms with E-state index in [0.717, 1.165) is 4.88 Å². The molecule has 1 saturated heterocycles. The third-order valence-electron chi connectivity index (χ3n) is 4.13. The first-order valence-electron chi connectivity index (χ1n) is 7.56. The first kappa shape index (κ1) is 16.1. The van der Waals surface area contributed by atoms with Crippen molar-refractivity contribution in [3.8, 4) is 0 Å². The Morgan fingerprint density at radius 3 is 3.04 bits per heavy atom. The molecule has 8 heteroatoms. The normalized spacial score (nSPS) is 21.9. The Morgan fingerprint density at radius 1 is 1.52 bits per heavy atom. The summed E-state index contributed by atoms with van der Waals surface area (Å²) >= 11 is 1.48. The Hall–Kier alpha value is -1.77. The average molecular weight is 336 g/mol. The molecule has 23 heavy (non-hydrogen) atoms. The number of hydrogen-bond donors (Lipinski definition) is 2. The highest BCUT2D eigenvalue weighted by Gasteiger charge is 2.32. The highest BCUT2D eigenvalue weighted by atomic mass is 32.1. The molecule has 2 N–H and O–H groups in total. The predicted octanol–water partition coefficient (Wildman–Crippen LogP) is -0.00678. The van der Waals surface area contributed by atoms with Crippen LogP contribution in [0.15, 0.2) is 17.1 Å². The summed E-state index contributed by atoms with van der Waals surface area (Å²) in [6, 6.07) is 1.54. The third-order valence-corrected chi connectivity index (χ3v) is 5.03. The zero-order chi connectivity index (χ0) is 16.6. The van der Waals surface area contributed by atoms with Crippen molar-refractivity contribution in [2.75, 3.05) is 20.1 Å². The molecule has 0 aromatic carbocycles. The Bertz CT molecular complexity index is 785. The van der Waals surface area contributed by atoms with Gasteiger partial charge in [0.15, 0.2) is 4.96 Å². The molecule has 0 bridgehead atoms. The molecular weight excluding hydrogens is 316 g/mol. The van der Waals surface area contributed by atoms with Crippen LogP contribution in [0.25, 0.3) is 4.96 Å². The SMILES string of the molecule is CNC(=O)C[C@@H]1CN(Cc2cc(=O)n3cc(C)sc3n2)C[C@H]1O. The molecular formula is C15H20N4O3S. The summed E-state index contributed by atoms with van der Waals surface area (Å²) in [5.41, 5.74) is 0.612. The summed E-state index contributed by atoms with van der Waals surface area (Å²) in [5.74, 6) is -0.147. The third kappa shape index (κ3) is 3.44. The quantitative estimate of drug-likeness (QED) is 0.820. The second kappa shape index (κ2) is 6.38. The summed E-state index contributed by atoms with van der Waals surface area (Å²) in [6.45, 7) is 3.56. The van der Waals surface area contributed by atoms with Crippen molar-refractivity contribution in [1.82, 2.24) is 19.6 Å². The molecule has 0 saturated carbocycles. The lowest BCUT2D eigenvalue weighted by molar-refractivity contribution is -0.122. The van der Waals surface area contributed by atoms with E-state index in [4.69, 9.17) is 0 Å². The predicted molar refractivity (Wildman–Crippen MR) is 87.5 cm³/mol. The molecule has 0 unspecified atom stereocenters. The average Bonchev–Trinajstić information content (AvgIpc) is 3.02. The standard InChI is InChI=1S/C15H20N4O3S/c1-9-5-19-14(22)4-11(17-15(19)23-9)7-18-6-10(12(20)8-18)3-13(21)16-2/h4-5,10,12,20H,3,6-8H2,1-2H3,(H,16,21)/t10-,12-/m1/s1. The number of hydrogen-bond acceptors (Lipinski definition) is 6. The number of likely N-dealkylation sites (tertiary alicyclic amines) is 1. The van der Waals surface area contributed by atoms with Gasteiger partial charge in [-0.15, -0.1) is 11.3 Å². The summed E-state index contributed by atoms with van der Waals surface area (Å²) in [7, 11) is 1.59. The van der Waals surface area contributed by atoms with E-state index in [9.17, 15) is 14.7 Å². The number of aliphatic hydroxyl groups is 1. The summed E-state index contributed by atoms with van der Waals surface area (Å²) in [5, 5.41) is 12.7. The van der Waals surface area contributed by atoms with E-state index in [-0.39, 0.29) is 17.4 Å². The van der Waals surface area contributed by atoms with Gasteiger partial charge >= 0.3 is 0 Å². The van der Waals surface area contributed by atoms with Gasteiger partial charge in [-0.3, -0.25) is 18.9 Å². The molecule has 3 heterocycles. The van der Waals surface area contributed by atoms with E-state index in [1.54, 1.807) is 17.6 Å². The highest BCUT2D eigenvalue weighted by Crippen LogP contribution is 2.22. The second-order valence-electron chi connectivity index (χ2n) is 5.98. The van der Waals surface area contributed by atoms with E-state index >= 15 is 0 Å². The molecule has 124 valence electrons. The van der Waals surface area contributed by atoms with Gasteiger partial charge < -0.3 is 10.4 Å². The van der Waals surface area contributed by atoms with Gasteiger partial charge in [0.2, 0.25) is 5.91 Å². The van der Waals surface area contributed by atoms with Crippen LogP contribution in [-0.4, -0.2) is 51.5 Å². The van der Waals surface area contributed by atoms with Gasteiger partial charge in [-0.05, 0) is 6.92 Å². The van der Waals surface area contributed by atoms with Crippen LogP contribution in [0, 0.1) is 12.8 Å². The van der Waals surface area contributed by atoms with Crippen LogP contribution in [0.1, 0.15) is 17.0 Å². The zero-order valence-electron chi connectivity index (χ0n) is 13.2. The smallest absolute Gasteiger partial charge is 0.258 e. The number of nitrogens with zero attached hydrogens (tertiary/aromatic N) is 3. The molecule has 3 rings (SSSR count). The number of aliphatic hydroxyl groups excluding tert-OH is 1. The van der Waals surface area contributed by atoms with Gasteiger partial charge in [0, 0.05) is 56.2 Å². The number of carbonyl (C=O) groups is 1. The van der Waals surface area contributed by atoms with Gasteiger partial charge in [0.1, 0.15) is 0 Å². The van der Waals surface area contributed by atoms with Gasteiger partial charge in [-0.25, -0.2) is 4.98 Å². The first-order valence-corrected chi connectivity index (χ1v) is 8.37. The van der Waals surface area contributed by atoms with Crippen molar-refractivity contribution in [1.29, 1.82) is 0 Å². The topological polar surface area (TPSA) is 86.9 Å². The van der Waals surface area contributed by atoms with Crippen LogP contribution in [0.2, 0.25) is 0 Å². The fourth-order valence-corrected chi connectivity index (χ4v) is 3.83. The van der Waals surface area contributed by atoms with Crippen molar-refractivity contribution < 1.29 is 9.90 Å². The number of amides is 1. The minimum atomic E-state index is -0.527. The highest BCUT2D eigenvalue weighted by molar-refractivity contribution is 7.16.